The van der Waals surface area contributed by atoms with Gasteiger partial charge >= 0.3 is 5.82 Å². The third-order valence-corrected chi connectivity index (χ3v) is 4.14. The predicted octanol–water partition coefficient (Wildman–Crippen LogP) is 3.09. The van der Waals surface area contributed by atoms with Crippen molar-refractivity contribution >= 4 is 23.3 Å². The van der Waals surface area contributed by atoms with Gasteiger partial charge in [-0.3, -0.25) is 9.59 Å². The Hall–Kier alpha value is -4.48. The number of carbonyl (C=O) groups excluding carboxylic acids is 2. The van der Waals surface area contributed by atoms with E-state index in [2.05, 4.69) is 17.0 Å². The van der Waals surface area contributed by atoms with Gasteiger partial charge in [0, 0.05) is 6.07 Å². The van der Waals surface area contributed by atoms with Crippen molar-refractivity contribution in [3.8, 4) is 16.8 Å². The van der Waals surface area contributed by atoms with Crippen LogP contribution in [0, 0.1) is 27.6 Å². The van der Waals surface area contributed by atoms with Crippen LogP contribution in [0.2, 0.25) is 0 Å². The molecule has 2 aromatic carbocycles. The van der Waals surface area contributed by atoms with Gasteiger partial charge in [-0.15, -0.1) is 4.68 Å². The zero-order valence-electron chi connectivity index (χ0n) is 15.4. The molecule has 31 heavy (non-hydrogen) atoms. The largest absolute Gasteiger partial charge is 0.398 e. The molecular formula is C19H12F3N5O4. The van der Waals surface area contributed by atoms with E-state index in [0.29, 0.717) is 6.07 Å². The molecule has 0 saturated carbocycles. The van der Waals surface area contributed by atoms with Crippen molar-refractivity contribution in [1.29, 1.82) is 0 Å². The minimum atomic E-state index is -1.13. The van der Waals surface area contributed by atoms with Crippen LogP contribution in [0.1, 0.15) is 10.4 Å². The van der Waals surface area contributed by atoms with E-state index < -0.39 is 56.9 Å². The first kappa shape index (κ1) is 21.2. The normalized spacial score (nSPS) is 10.5. The number of benzene rings is 2. The molecule has 3 N–H and O–H groups in total. The van der Waals surface area contributed by atoms with Gasteiger partial charge in [-0.1, -0.05) is 12.6 Å². The lowest BCUT2D eigenvalue weighted by Crippen LogP contribution is -2.12. The standard InChI is InChI=1S/C19H12F3N5O4/c1-2-17(28)24-15-7-16(14(22)6-13(15)21)26-8-11(19(25-26)27(30)31)9-3-4-10(18(23)29)12(20)5-9/h2-8H,1H2,(H2,23,29)(H,24,28). The Labute approximate surface area is 171 Å². The Morgan fingerprint density at radius 2 is 1.87 bits per heavy atom. The number of nitrogens with one attached hydrogen (secondary N) is 1. The number of anilines is 1. The molecule has 12 heteroatoms. The van der Waals surface area contributed by atoms with E-state index in [4.69, 9.17) is 5.73 Å². The summed E-state index contributed by atoms with van der Waals surface area (Å²) in [7, 11) is 0. The van der Waals surface area contributed by atoms with Gasteiger partial charge in [0.05, 0.1) is 22.5 Å². The molecule has 1 aromatic heterocycles. The SMILES string of the molecule is C=CC(=O)Nc1cc(-n2cc(-c3ccc(C(N)=O)c(F)c3)c([N+](=O)[O-])n2)c(F)cc1F. The molecule has 2 amide bonds. The molecule has 0 unspecified atom stereocenters. The number of rotatable bonds is 6. The first-order chi connectivity index (χ1) is 14.6. The van der Waals surface area contributed by atoms with Gasteiger partial charge in [0.1, 0.15) is 22.9 Å². The molecular weight excluding hydrogens is 419 g/mol. The second kappa shape index (κ2) is 8.10. The van der Waals surface area contributed by atoms with Crippen LogP contribution in [-0.2, 0) is 4.79 Å². The second-order valence-electron chi connectivity index (χ2n) is 6.10. The molecule has 3 aromatic rings. The molecule has 0 fully saturated rings. The fourth-order valence-corrected chi connectivity index (χ4v) is 2.70. The third kappa shape index (κ3) is 4.12. The van der Waals surface area contributed by atoms with E-state index in [1.807, 2.05) is 0 Å². The van der Waals surface area contributed by atoms with Crippen molar-refractivity contribution in [2.24, 2.45) is 5.73 Å². The monoisotopic (exact) mass is 431 g/mol. The first-order valence-corrected chi connectivity index (χ1v) is 8.39. The van der Waals surface area contributed by atoms with Gasteiger partial charge in [-0.05, 0) is 34.8 Å². The van der Waals surface area contributed by atoms with Gasteiger partial charge in [0.2, 0.25) is 5.91 Å². The van der Waals surface area contributed by atoms with Gasteiger partial charge < -0.3 is 21.2 Å². The predicted molar refractivity (Wildman–Crippen MR) is 103 cm³/mol. The summed E-state index contributed by atoms with van der Waals surface area (Å²) in [5, 5.41) is 17.2. The van der Waals surface area contributed by atoms with E-state index in [9.17, 15) is 32.9 Å². The van der Waals surface area contributed by atoms with Crippen LogP contribution < -0.4 is 11.1 Å². The summed E-state index contributed by atoms with van der Waals surface area (Å²) >= 11 is 0. The Morgan fingerprint density at radius 1 is 1.16 bits per heavy atom. The van der Waals surface area contributed by atoms with Gasteiger partial charge in [-0.25, -0.2) is 13.2 Å². The summed E-state index contributed by atoms with van der Waals surface area (Å²) in [5.41, 5.74) is 3.52. The highest BCUT2D eigenvalue weighted by Crippen LogP contribution is 2.32. The maximum Gasteiger partial charge on any atom is 0.398 e. The summed E-state index contributed by atoms with van der Waals surface area (Å²) in [6.45, 7) is 3.22. The van der Waals surface area contributed by atoms with E-state index in [0.717, 1.165) is 35.2 Å². The summed E-state index contributed by atoms with van der Waals surface area (Å²) in [6, 6.07) is 4.42. The maximum absolute atomic E-state index is 14.4. The smallest absolute Gasteiger partial charge is 0.366 e. The number of nitrogens with two attached hydrogens (primary N) is 1. The number of nitrogens with zero attached hydrogens (tertiary/aromatic N) is 3. The molecule has 0 saturated heterocycles. The highest BCUT2D eigenvalue weighted by atomic mass is 19.1. The molecule has 9 nitrogen and oxygen atoms in total. The van der Waals surface area contributed by atoms with Crippen LogP contribution in [-0.4, -0.2) is 26.5 Å². The quantitative estimate of drug-likeness (QED) is 0.352. The van der Waals surface area contributed by atoms with Crippen molar-refractivity contribution in [3.05, 3.63) is 82.3 Å². The average molecular weight is 431 g/mol. The van der Waals surface area contributed by atoms with Crippen LogP contribution >= 0.6 is 0 Å². The number of nitro groups is 1. The maximum atomic E-state index is 14.4. The zero-order chi connectivity index (χ0) is 22.9. The number of halogens is 3. The Morgan fingerprint density at radius 3 is 2.45 bits per heavy atom. The van der Waals surface area contributed by atoms with Gasteiger partial charge in [0.25, 0.3) is 5.91 Å². The van der Waals surface area contributed by atoms with Crippen LogP contribution in [0.4, 0.5) is 24.7 Å². The number of aromatic nitrogens is 2. The molecule has 0 atom stereocenters. The molecule has 3 rings (SSSR count). The van der Waals surface area contributed by atoms with Gasteiger partial charge in [-0.2, -0.15) is 0 Å². The van der Waals surface area contributed by atoms with Crippen LogP contribution in [0.3, 0.4) is 0 Å². The number of carbonyl (C=O) groups is 2. The molecule has 1 heterocycles. The fraction of sp³-hybridized carbons (Fsp3) is 0. The minimum Gasteiger partial charge on any atom is -0.366 e. The fourth-order valence-electron chi connectivity index (χ4n) is 2.70. The number of hydrogen-bond acceptors (Lipinski definition) is 5. The topological polar surface area (TPSA) is 133 Å². The molecule has 0 aliphatic heterocycles. The van der Waals surface area contributed by atoms with Crippen LogP contribution in [0.25, 0.3) is 16.8 Å². The van der Waals surface area contributed by atoms with Gasteiger partial charge in [0.15, 0.2) is 5.82 Å². The van der Waals surface area contributed by atoms with E-state index in [-0.39, 0.29) is 11.1 Å². The van der Waals surface area contributed by atoms with E-state index >= 15 is 0 Å². The van der Waals surface area contributed by atoms with Crippen molar-refractivity contribution < 1.29 is 27.7 Å². The Balaban J connectivity index is 2.15. The van der Waals surface area contributed by atoms with Crippen LogP contribution in [0.5, 0.6) is 0 Å². The lowest BCUT2D eigenvalue weighted by atomic mass is 10.1. The lowest BCUT2D eigenvalue weighted by molar-refractivity contribution is -0.389. The number of amides is 2. The number of primary amides is 1. The Kier molecular flexibility index (Phi) is 5.55. The number of hydrogen-bond donors (Lipinski definition) is 2. The summed E-state index contributed by atoms with van der Waals surface area (Å²) in [4.78, 5) is 33.2. The molecule has 0 spiro atoms. The zero-order valence-corrected chi connectivity index (χ0v) is 15.4. The molecule has 0 radical (unpaired) electrons. The van der Waals surface area contributed by atoms with E-state index in [1.165, 1.54) is 6.07 Å². The molecule has 158 valence electrons. The lowest BCUT2D eigenvalue weighted by Gasteiger charge is -2.07. The van der Waals surface area contributed by atoms with E-state index in [1.54, 1.807) is 0 Å². The van der Waals surface area contributed by atoms with Crippen molar-refractivity contribution in [3.63, 3.8) is 0 Å². The molecule has 0 aliphatic rings. The van der Waals surface area contributed by atoms with Crippen molar-refractivity contribution in [2.75, 3.05) is 5.32 Å². The molecule has 0 bridgehead atoms. The summed E-state index contributed by atoms with van der Waals surface area (Å²) in [6.07, 6.45) is 1.88. The second-order valence-corrected chi connectivity index (χ2v) is 6.10. The van der Waals surface area contributed by atoms with Crippen LogP contribution in [0.15, 0.2) is 49.2 Å². The highest BCUT2D eigenvalue weighted by Gasteiger charge is 2.26. The minimum absolute atomic E-state index is 0.0387. The third-order valence-electron chi connectivity index (χ3n) is 4.14. The first-order valence-electron chi connectivity index (χ1n) is 8.39. The van der Waals surface area contributed by atoms with Crippen molar-refractivity contribution in [1.82, 2.24) is 9.78 Å². The average Bonchev–Trinajstić information content (AvgIpc) is 3.15. The Bertz CT molecular complexity index is 1260. The highest BCUT2D eigenvalue weighted by molar-refractivity contribution is 5.99. The molecule has 0 aliphatic carbocycles. The van der Waals surface area contributed by atoms with Crippen molar-refractivity contribution in [2.45, 2.75) is 0 Å². The summed E-state index contributed by atoms with van der Waals surface area (Å²) in [5.74, 6) is -5.80. The summed E-state index contributed by atoms with van der Waals surface area (Å²) < 4.78 is 43.2.